The Kier molecular flexibility index (Phi) is 5.19. The lowest BCUT2D eigenvalue weighted by atomic mass is 10.1. The van der Waals surface area contributed by atoms with Gasteiger partial charge in [0.2, 0.25) is 0 Å². The molecular formula is C30H18N6S. The molecule has 6 nitrogen and oxygen atoms in total. The maximum Gasteiger partial charge on any atom is 0.182 e. The fraction of sp³-hybridized carbons (Fsp3) is 0. The summed E-state index contributed by atoms with van der Waals surface area (Å²) in [5.74, 6) is 1.74. The van der Waals surface area contributed by atoms with Gasteiger partial charge in [-0.15, -0.1) is 11.3 Å². The summed E-state index contributed by atoms with van der Waals surface area (Å²) in [4.78, 5) is 28.2. The van der Waals surface area contributed by atoms with E-state index >= 15 is 0 Å². The molecule has 0 bridgehead atoms. The van der Waals surface area contributed by atoms with E-state index in [0.717, 1.165) is 38.0 Å². The maximum atomic E-state index is 4.77. The quantitative estimate of drug-likeness (QED) is 0.260. The number of benzene rings is 3. The molecule has 0 atom stereocenters. The predicted octanol–water partition coefficient (Wildman–Crippen LogP) is 7.09. The third-order valence-corrected chi connectivity index (χ3v) is 7.29. The molecule has 0 fully saturated rings. The standard InChI is InChI=1S/C30H18N6S/c1-3-9-19(10-4-1)28-34-29(20-11-5-2-6-12-20)36-30(35-28)23-16-15-21(17-31-23)25-27-26(33-18-32-25)22-13-7-8-14-24(22)37-27/h1-18H. The lowest BCUT2D eigenvalue weighted by molar-refractivity contribution is 1.06. The Morgan fingerprint density at radius 3 is 1.84 bits per heavy atom. The molecule has 7 heteroatoms. The van der Waals surface area contributed by atoms with Crippen LogP contribution in [-0.2, 0) is 0 Å². The van der Waals surface area contributed by atoms with E-state index < -0.39 is 0 Å². The van der Waals surface area contributed by atoms with Gasteiger partial charge in [-0.25, -0.2) is 24.9 Å². The summed E-state index contributed by atoms with van der Waals surface area (Å²) in [6.45, 7) is 0. The van der Waals surface area contributed by atoms with Gasteiger partial charge in [0.1, 0.15) is 12.0 Å². The first-order valence-corrected chi connectivity index (χ1v) is 12.6. The molecule has 4 aromatic heterocycles. The third kappa shape index (κ3) is 3.91. The number of thiophene rings is 1. The van der Waals surface area contributed by atoms with Crippen LogP contribution in [0.5, 0.6) is 0 Å². The molecule has 3 aromatic carbocycles. The van der Waals surface area contributed by atoms with E-state index in [9.17, 15) is 0 Å². The first-order valence-electron chi connectivity index (χ1n) is 11.8. The molecular weight excluding hydrogens is 476 g/mol. The molecule has 0 saturated heterocycles. The number of nitrogens with zero attached hydrogens (tertiary/aromatic N) is 6. The van der Waals surface area contributed by atoms with Crippen LogP contribution in [0.4, 0.5) is 0 Å². The van der Waals surface area contributed by atoms with E-state index in [1.54, 1.807) is 17.7 Å². The zero-order valence-corrected chi connectivity index (χ0v) is 20.3. The maximum absolute atomic E-state index is 4.77. The lowest BCUT2D eigenvalue weighted by Crippen LogP contribution is -2.01. The molecule has 0 aliphatic rings. The second-order valence-electron chi connectivity index (χ2n) is 8.47. The Bertz CT molecular complexity index is 1810. The van der Waals surface area contributed by atoms with E-state index in [0.29, 0.717) is 23.2 Å². The summed E-state index contributed by atoms with van der Waals surface area (Å²) in [5.41, 5.74) is 5.27. The normalized spacial score (nSPS) is 11.2. The molecule has 37 heavy (non-hydrogen) atoms. The highest BCUT2D eigenvalue weighted by molar-refractivity contribution is 7.26. The van der Waals surface area contributed by atoms with Crippen LogP contribution in [0.3, 0.4) is 0 Å². The van der Waals surface area contributed by atoms with Crippen molar-refractivity contribution in [2.24, 2.45) is 0 Å². The van der Waals surface area contributed by atoms with Gasteiger partial charge < -0.3 is 0 Å². The summed E-state index contributed by atoms with van der Waals surface area (Å²) in [7, 11) is 0. The van der Waals surface area contributed by atoms with Crippen molar-refractivity contribution in [1.29, 1.82) is 0 Å². The lowest BCUT2D eigenvalue weighted by Gasteiger charge is -2.08. The van der Waals surface area contributed by atoms with E-state index in [2.05, 4.69) is 22.1 Å². The Balaban J connectivity index is 1.33. The van der Waals surface area contributed by atoms with Crippen molar-refractivity contribution in [3.8, 4) is 45.6 Å². The monoisotopic (exact) mass is 494 g/mol. The van der Waals surface area contributed by atoms with Gasteiger partial charge in [0.05, 0.1) is 15.9 Å². The van der Waals surface area contributed by atoms with Crippen molar-refractivity contribution in [3.05, 3.63) is 110 Å². The van der Waals surface area contributed by atoms with Crippen LogP contribution in [0.15, 0.2) is 110 Å². The number of fused-ring (bicyclic) bond motifs is 3. The summed E-state index contributed by atoms with van der Waals surface area (Å²) >= 11 is 1.70. The van der Waals surface area contributed by atoms with Gasteiger partial charge in [0.15, 0.2) is 17.5 Å². The van der Waals surface area contributed by atoms with Crippen molar-refractivity contribution in [1.82, 2.24) is 29.9 Å². The van der Waals surface area contributed by atoms with Crippen LogP contribution >= 0.6 is 11.3 Å². The molecule has 7 rings (SSSR count). The van der Waals surface area contributed by atoms with E-state index in [4.69, 9.17) is 19.9 Å². The van der Waals surface area contributed by atoms with Gasteiger partial charge in [-0.3, -0.25) is 4.98 Å². The first-order chi connectivity index (χ1) is 18.3. The van der Waals surface area contributed by atoms with Crippen LogP contribution in [0.1, 0.15) is 0 Å². The largest absolute Gasteiger partial charge is 0.252 e. The van der Waals surface area contributed by atoms with Gasteiger partial charge in [0.25, 0.3) is 0 Å². The van der Waals surface area contributed by atoms with Crippen LogP contribution in [-0.4, -0.2) is 29.9 Å². The van der Waals surface area contributed by atoms with Crippen molar-refractivity contribution < 1.29 is 0 Å². The number of rotatable bonds is 4. The smallest absolute Gasteiger partial charge is 0.182 e. The van der Waals surface area contributed by atoms with Gasteiger partial charge in [-0.1, -0.05) is 78.9 Å². The first kappa shape index (κ1) is 21.4. The van der Waals surface area contributed by atoms with E-state index in [-0.39, 0.29) is 0 Å². The molecule has 0 saturated carbocycles. The number of hydrogen-bond donors (Lipinski definition) is 0. The van der Waals surface area contributed by atoms with Gasteiger partial charge in [-0.05, 0) is 18.2 Å². The van der Waals surface area contributed by atoms with Crippen LogP contribution in [0.2, 0.25) is 0 Å². The molecule has 4 heterocycles. The Morgan fingerprint density at radius 2 is 1.16 bits per heavy atom. The summed E-state index contributed by atoms with van der Waals surface area (Å²) in [6.07, 6.45) is 3.45. The fourth-order valence-corrected chi connectivity index (χ4v) is 5.49. The molecule has 7 aromatic rings. The summed E-state index contributed by atoms with van der Waals surface area (Å²) in [5, 5.41) is 1.14. The fourth-order valence-electron chi connectivity index (χ4n) is 4.32. The highest BCUT2D eigenvalue weighted by atomic mass is 32.1. The Morgan fingerprint density at radius 1 is 0.514 bits per heavy atom. The van der Waals surface area contributed by atoms with Crippen molar-refractivity contribution in [3.63, 3.8) is 0 Å². The highest BCUT2D eigenvalue weighted by Gasteiger charge is 2.15. The average Bonchev–Trinajstić information content (AvgIpc) is 3.37. The number of hydrogen-bond acceptors (Lipinski definition) is 7. The van der Waals surface area contributed by atoms with E-state index in [1.807, 2.05) is 91.1 Å². The van der Waals surface area contributed by atoms with Crippen LogP contribution in [0.25, 0.3) is 65.9 Å². The average molecular weight is 495 g/mol. The van der Waals surface area contributed by atoms with E-state index in [1.165, 1.54) is 4.70 Å². The molecule has 0 spiro atoms. The molecule has 0 aliphatic carbocycles. The minimum absolute atomic E-state index is 0.522. The predicted molar refractivity (Wildman–Crippen MR) is 148 cm³/mol. The van der Waals surface area contributed by atoms with Crippen molar-refractivity contribution in [2.45, 2.75) is 0 Å². The third-order valence-electron chi connectivity index (χ3n) is 6.12. The zero-order chi connectivity index (χ0) is 24.6. The topological polar surface area (TPSA) is 77.3 Å². The summed E-state index contributed by atoms with van der Waals surface area (Å²) in [6, 6.07) is 32.1. The highest BCUT2D eigenvalue weighted by Crippen LogP contribution is 2.37. The van der Waals surface area contributed by atoms with Gasteiger partial charge in [-0.2, -0.15) is 0 Å². The zero-order valence-electron chi connectivity index (χ0n) is 19.5. The van der Waals surface area contributed by atoms with Gasteiger partial charge >= 0.3 is 0 Å². The summed E-state index contributed by atoms with van der Waals surface area (Å²) < 4.78 is 2.24. The Hall–Kier alpha value is -4.88. The molecule has 0 amide bonds. The van der Waals surface area contributed by atoms with Crippen molar-refractivity contribution in [2.75, 3.05) is 0 Å². The number of aromatic nitrogens is 6. The molecule has 0 aliphatic heterocycles. The Labute approximate surface area is 216 Å². The minimum atomic E-state index is 0.522. The van der Waals surface area contributed by atoms with Crippen molar-refractivity contribution >= 4 is 31.6 Å². The number of pyridine rings is 1. The second kappa shape index (κ2) is 8.96. The molecule has 174 valence electrons. The van der Waals surface area contributed by atoms with Crippen LogP contribution < -0.4 is 0 Å². The minimum Gasteiger partial charge on any atom is -0.252 e. The second-order valence-corrected chi connectivity index (χ2v) is 9.52. The molecule has 0 radical (unpaired) electrons. The van der Waals surface area contributed by atoms with Gasteiger partial charge in [0, 0.05) is 33.0 Å². The molecule has 0 N–H and O–H groups in total. The molecule has 0 unspecified atom stereocenters. The SMILES string of the molecule is c1ccc(-c2nc(-c3ccccc3)nc(-c3ccc(-c4ncnc5c4sc4ccccc45)cn3)n2)cc1. The van der Waals surface area contributed by atoms with Crippen LogP contribution in [0, 0.1) is 0 Å².